The molecule has 126 valence electrons. The summed E-state index contributed by atoms with van der Waals surface area (Å²) in [7, 11) is 0. The van der Waals surface area contributed by atoms with Crippen LogP contribution in [0.2, 0.25) is 0 Å². The number of piperazine rings is 1. The molecule has 1 aromatic carbocycles. The topological polar surface area (TPSA) is 40.6 Å². The first kappa shape index (κ1) is 17.4. The number of benzene rings is 1. The summed E-state index contributed by atoms with van der Waals surface area (Å²) in [5, 5.41) is 0. The van der Waals surface area contributed by atoms with Gasteiger partial charge in [0.25, 0.3) is 0 Å². The fourth-order valence-electron chi connectivity index (χ4n) is 2.84. The molecule has 2 amide bonds. The van der Waals surface area contributed by atoms with Gasteiger partial charge in [-0.2, -0.15) is 0 Å². The Morgan fingerprint density at radius 2 is 1.96 bits per heavy atom. The molecule has 4 nitrogen and oxygen atoms in total. The summed E-state index contributed by atoms with van der Waals surface area (Å²) in [6, 6.07) is 3.25. The van der Waals surface area contributed by atoms with Gasteiger partial charge in [-0.05, 0) is 25.3 Å². The lowest BCUT2D eigenvalue weighted by atomic mass is 9.98. The van der Waals surface area contributed by atoms with Gasteiger partial charge in [-0.1, -0.05) is 26.0 Å². The Morgan fingerprint density at radius 1 is 1.26 bits per heavy atom. The Labute approximate surface area is 135 Å². The van der Waals surface area contributed by atoms with E-state index in [-0.39, 0.29) is 36.4 Å². The summed E-state index contributed by atoms with van der Waals surface area (Å²) >= 11 is 0. The average Bonchev–Trinajstić information content (AvgIpc) is 2.50. The lowest BCUT2D eigenvalue weighted by molar-refractivity contribution is -0.157. The number of carbonyl (C=O) groups is 2. The van der Waals surface area contributed by atoms with E-state index in [1.165, 1.54) is 21.9 Å². The molecule has 23 heavy (non-hydrogen) atoms. The second-order valence-electron chi connectivity index (χ2n) is 6.23. The molecule has 2 rings (SSSR count). The number of amides is 2. The van der Waals surface area contributed by atoms with Crippen molar-refractivity contribution >= 4 is 11.8 Å². The lowest BCUT2D eigenvalue weighted by Gasteiger charge is -2.40. The monoisotopic (exact) mass is 324 g/mol. The quantitative estimate of drug-likeness (QED) is 0.835. The van der Waals surface area contributed by atoms with Gasteiger partial charge in [0.05, 0.1) is 6.54 Å². The van der Waals surface area contributed by atoms with Crippen molar-refractivity contribution in [1.82, 2.24) is 9.80 Å². The summed E-state index contributed by atoms with van der Waals surface area (Å²) in [6.45, 7) is 6.10. The van der Waals surface area contributed by atoms with Crippen molar-refractivity contribution in [3.8, 4) is 0 Å². The molecular weight excluding hydrogens is 302 g/mol. The number of nitrogens with zero attached hydrogens (tertiary/aromatic N) is 2. The minimum atomic E-state index is -0.964. The summed E-state index contributed by atoms with van der Waals surface area (Å²) in [5.74, 6) is -2.07. The van der Waals surface area contributed by atoms with Crippen LogP contribution in [0.5, 0.6) is 0 Å². The number of hydrogen-bond donors (Lipinski definition) is 0. The molecule has 0 saturated carbocycles. The zero-order valence-corrected chi connectivity index (χ0v) is 13.7. The molecule has 1 saturated heterocycles. The van der Waals surface area contributed by atoms with Crippen LogP contribution in [0.1, 0.15) is 32.8 Å². The van der Waals surface area contributed by atoms with Gasteiger partial charge in [0, 0.05) is 18.7 Å². The highest BCUT2D eigenvalue weighted by molar-refractivity contribution is 5.94. The van der Waals surface area contributed by atoms with Gasteiger partial charge >= 0.3 is 0 Å². The summed E-state index contributed by atoms with van der Waals surface area (Å²) in [5.41, 5.74) is 0.0878. The van der Waals surface area contributed by atoms with Crippen LogP contribution in [0.15, 0.2) is 18.2 Å². The maximum absolute atomic E-state index is 13.9. The van der Waals surface area contributed by atoms with Crippen LogP contribution in [0.4, 0.5) is 8.78 Å². The van der Waals surface area contributed by atoms with Gasteiger partial charge in [0.1, 0.15) is 6.04 Å². The Hall–Kier alpha value is -1.98. The van der Waals surface area contributed by atoms with E-state index in [4.69, 9.17) is 0 Å². The second-order valence-corrected chi connectivity index (χ2v) is 6.23. The van der Waals surface area contributed by atoms with Crippen LogP contribution < -0.4 is 0 Å². The SMILES string of the molecule is CCN1CC(=O)N(Cc2cccc(F)c2F)[C@@H](CC(C)C)C1=O. The zero-order valence-electron chi connectivity index (χ0n) is 13.7. The zero-order chi connectivity index (χ0) is 17.1. The standard InChI is InChI=1S/C17H22F2N2O2/c1-4-20-10-15(22)21(14(17(20)23)8-11(2)3)9-12-6-5-7-13(18)16(12)19/h5-7,11,14H,4,8-10H2,1-3H3/t14-/m0/s1. The van der Waals surface area contributed by atoms with Crippen LogP contribution >= 0.6 is 0 Å². The van der Waals surface area contributed by atoms with E-state index in [0.29, 0.717) is 13.0 Å². The van der Waals surface area contributed by atoms with Crippen molar-refractivity contribution in [1.29, 1.82) is 0 Å². The molecule has 6 heteroatoms. The summed E-state index contributed by atoms with van der Waals surface area (Å²) in [4.78, 5) is 27.9. The first-order valence-electron chi connectivity index (χ1n) is 7.86. The molecule has 0 spiro atoms. The second kappa shape index (κ2) is 7.06. The highest BCUT2D eigenvalue weighted by atomic mass is 19.2. The number of halogens is 2. The smallest absolute Gasteiger partial charge is 0.245 e. The van der Waals surface area contributed by atoms with Gasteiger partial charge in [-0.25, -0.2) is 8.78 Å². The van der Waals surface area contributed by atoms with Gasteiger partial charge in [0.15, 0.2) is 11.6 Å². The molecule has 0 aromatic heterocycles. The third kappa shape index (κ3) is 3.68. The Kier molecular flexibility index (Phi) is 5.34. The molecule has 1 fully saturated rings. The van der Waals surface area contributed by atoms with Gasteiger partial charge in [0.2, 0.25) is 11.8 Å². The van der Waals surface area contributed by atoms with E-state index in [0.717, 1.165) is 6.07 Å². The maximum Gasteiger partial charge on any atom is 0.245 e. The average molecular weight is 324 g/mol. The normalized spacial score (nSPS) is 19.0. The number of carbonyl (C=O) groups excluding carboxylic acids is 2. The molecule has 1 aliphatic heterocycles. The molecule has 1 atom stereocenters. The minimum absolute atomic E-state index is 0.0130. The van der Waals surface area contributed by atoms with Crippen molar-refractivity contribution < 1.29 is 18.4 Å². The molecule has 0 radical (unpaired) electrons. The molecule has 1 aromatic rings. The molecule has 1 aliphatic rings. The van der Waals surface area contributed by atoms with Crippen LogP contribution in [0.25, 0.3) is 0 Å². The van der Waals surface area contributed by atoms with Crippen molar-refractivity contribution in [2.24, 2.45) is 5.92 Å². The van der Waals surface area contributed by atoms with Crippen LogP contribution in [0, 0.1) is 17.6 Å². The van der Waals surface area contributed by atoms with Crippen molar-refractivity contribution in [2.45, 2.75) is 39.8 Å². The Balaban J connectivity index is 2.30. The molecule has 0 unspecified atom stereocenters. The number of hydrogen-bond acceptors (Lipinski definition) is 2. The van der Waals surface area contributed by atoms with Crippen LogP contribution in [0.3, 0.4) is 0 Å². The first-order valence-corrected chi connectivity index (χ1v) is 7.86. The lowest BCUT2D eigenvalue weighted by Crippen LogP contribution is -2.59. The van der Waals surface area contributed by atoms with Crippen LogP contribution in [-0.4, -0.2) is 40.7 Å². The minimum Gasteiger partial charge on any atom is -0.332 e. The van der Waals surface area contributed by atoms with E-state index in [1.807, 2.05) is 20.8 Å². The fraction of sp³-hybridized carbons (Fsp3) is 0.529. The highest BCUT2D eigenvalue weighted by Gasteiger charge is 2.39. The molecule has 0 N–H and O–H groups in total. The third-order valence-electron chi connectivity index (χ3n) is 4.07. The van der Waals surface area contributed by atoms with Crippen LogP contribution in [-0.2, 0) is 16.1 Å². The van der Waals surface area contributed by atoms with Crippen molar-refractivity contribution in [3.63, 3.8) is 0 Å². The van der Waals surface area contributed by atoms with E-state index in [1.54, 1.807) is 0 Å². The van der Waals surface area contributed by atoms with E-state index >= 15 is 0 Å². The van der Waals surface area contributed by atoms with E-state index in [9.17, 15) is 18.4 Å². The van der Waals surface area contributed by atoms with Gasteiger partial charge < -0.3 is 9.80 Å². The van der Waals surface area contributed by atoms with Gasteiger partial charge in [-0.3, -0.25) is 9.59 Å². The Morgan fingerprint density at radius 3 is 2.57 bits per heavy atom. The van der Waals surface area contributed by atoms with Crippen molar-refractivity contribution in [3.05, 3.63) is 35.4 Å². The maximum atomic E-state index is 13.9. The molecule has 0 aliphatic carbocycles. The highest BCUT2D eigenvalue weighted by Crippen LogP contribution is 2.23. The predicted octanol–water partition coefficient (Wildman–Crippen LogP) is 2.57. The third-order valence-corrected chi connectivity index (χ3v) is 4.07. The molecular formula is C17H22F2N2O2. The number of rotatable bonds is 5. The summed E-state index contributed by atoms with van der Waals surface area (Å²) in [6.07, 6.45) is 0.498. The molecule has 0 bridgehead atoms. The first-order chi connectivity index (χ1) is 10.8. The van der Waals surface area contributed by atoms with Crippen molar-refractivity contribution in [2.75, 3.05) is 13.1 Å². The largest absolute Gasteiger partial charge is 0.332 e. The van der Waals surface area contributed by atoms with E-state index in [2.05, 4.69) is 0 Å². The Bertz CT molecular complexity index is 604. The summed E-state index contributed by atoms with van der Waals surface area (Å²) < 4.78 is 27.3. The molecule has 1 heterocycles. The van der Waals surface area contributed by atoms with E-state index < -0.39 is 17.7 Å². The number of likely N-dealkylation sites (N-methyl/N-ethyl adjacent to an activating group) is 1. The predicted molar refractivity (Wildman–Crippen MR) is 82.4 cm³/mol. The fourth-order valence-corrected chi connectivity index (χ4v) is 2.84. The van der Waals surface area contributed by atoms with Gasteiger partial charge in [-0.15, -0.1) is 0 Å².